The predicted octanol–water partition coefficient (Wildman–Crippen LogP) is 5.05. The average Bonchev–Trinajstić information content (AvgIpc) is 3.27. The molecule has 0 spiro atoms. The van der Waals surface area contributed by atoms with E-state index in [9.17, 15) is 4.79 Å². The summed E-state index contributed by atoms with van der Waals surface area (Å²) in [6, 6.07) is 24.5. The molecule has 0 saturated carbocycles. The van der Waals surface area contributed by atoms with Crippen molar-refractivity contribution in [1.82, 2.24) is 10.2 Å². The molecule has 0 bridgehead atoms. The molecule has 0 saturated heterocycles. The van der Waals surface area contributed by atoms with Crippen molar-refractivity contribution in [3.05, 3.63) is 90.0 Å². The van der Waals surface area contributed by atoms with Crippen LogP contribution in [0.2, 0.25) is 0 Å². The van der Waals surface area contributed by atoms with E-state index in [1.54, 1.807) is 25.3 Å². The number of amides is 1. The molecule has 0 aliphatic carbocycles. The van der Waals surface area contributed by atoms with Gasteiger partial charge < -0.3 is 9.47 Å². The molecule has 150 valence electrons. The Balaban J connectivity index is 1.46. The fourth-order valence-electron chi connectivity index (χ4n) is 2.80. The number of carbonyl (C=O) groups excluding carboxylic acids is 1. The number of rotatable bonds is 7. The second kappa shape index (κ2) is 9.19. The lowest BCUT2D eigenvalue weighted by Crippen LogP contribution is -2.13. The smallest absolute Gasteiger partial charge is 0.261 e. The standard InChI is InChI=1S/C23H19N3O3S/c1-28-18-13-11-17(12-14-18)22-25-26-23(30-22)24-21(27)19-9-5-6-10-20(19)29-15-16-7-3-2-4-8-16/h2-14H,15H2,1H3,(H,24,26,27). The first-order chi connectivity index (χ1) is 14.7. The Morgan fingerprint density at radius 2 is 1.67 bits per heavy atom. The quantitative estimate of drug-likeness (QED) is 0.456. The number of ether oxygens (including phenoxy) is 2. The molecule has 0 aliphatic heterocycles. The van der Waals surface area contributed by atoms with Gasteiger partial charge in [0.25, 0.3) is 5.91 Å². The fourth-order valence-corrected chi connectivity index (χ4v) is 3.55. The maximum absolute atomic E-state index is 12.8. The monoisotopic (exact) mass is 417 g/mol. The number of nitrogens with zero attached hydrogens (tertiary/aromatic N) is 2. The van der Waals surface area contributed by atoms with E-state index in [0.717, 1.165) is 16.9 Å². The molecule has 7 heteroatoms. The lowest BCUT2D eigenvalue weighted by Gasteiger charge is -2.10. The third kappa shape index (κ3) is 4.64. The summed E-state index contributed by atoms with van der Waals surface area (Å²) in [4.78, 5) is 12.8. The normalized spacial score (nSPS) is 10.4. The topological polar surface area (TPSA) is 73.3 Å². The minimum atomic E-state index is -0.295. The lowest BCUT2D eigenvalue weighted by molar-refractivity contribution is 0.102. The maximum atomic E-state index is 12.8. The van der Waals surface area contributed by atoms with Gasteiger partial charge in [-0.15, -0.1) is 10.2 Å². The van der Waals surface area contributed by atoms with E-state index in [-0.39, 0.29) is 5.91 Å². The summed E-state index contributed by atoms with van der Waals surface area (Å²) in [5, 5.41) is 12.2. The summed E-state index contributed by atoms with van der Waals surface area (Å²) >= 11 is 1.30. The SMILES string of the molecule is COc1ccc(-c2nnc(NC(=O)c3ccccc3OCc3ccccc3)s2)cc1. The highest BCUT2D eigenvalue weighted by Gasteiger charge is 2.15. The summed E-state index contributed by atoms with van der Waals surface area (Å²) in [5.74, 6) is 0.985. The number of benzene rings is 3. The van der Waals surface area contributed by atoms with Crippen LogP contribution in [0.3, 0.4) is 0 Å². The molecule has 0 radical (unpaired) electrons. The van der Waals surface area contributed by atoms with Crippen LogP contribution >= 0.6 is 11.3 Å². The van der Waals surface area contributed by atoms with Crippen LogP contribution in [0.25, 0.3) is 10.6 Å². The zero-order valence-corrected chi connectivity index (χ0v) is 17.1. The molecule has 1 heterocycles. The Kier molecular flexibility index (Phi) is 6.01. The molecule has 0 atom stereocenters. The van der Waals surface area contributed by atoms with Gasteiger partial charge in [0.05, 0.1) is 12.7 Å². The van der Waals surface area contributed by atoms with Gasteiger partial charge in [-0.05, 0) is 42.0 Å². The second-order valence-electron chi connectivity index (χ2n) is 6.37. The molecule has 4 aromatic rings. The Bertz CT molecular complexity index is 1130. The first-order valence-corrected chi connectivity index (χ1v) is 10.1. The molecule has 1 N–H and O–H groups in total. The van der Waals surface area contributed by atoms with Crippen molar-refractivity contribution in [3.8, 4) is 22.1 Å². The Hall–Kier alpha value is -3.71. The van der Waals surface area contributed by atoms with Crippen molar-refractivity contribution in [1.29, 1.82) is 0 Å². The highest BCUT2D eigenvalue weighted by Crippen LogP contribution is 2.28. The van der Waals surface area contributed by atoms with E-state index in [1.807, 2.05) is 60.7 Å². The zero-order valence-electron chi connectivity index (χ0n) is 16.2. The van der Waals surface area contributed by atoms with E-state index in [1.165, 1.54) is 11.3 Å². The molecular weight excluding hydrogens is 398 g/mol. The van der Waals surface area contributed by atoms with Crippen molar-refractivity contribution in [3.63, 3.8) is 0 Å². The van der Waals surface area contributed by atoms with Gasteiger partial charge in [-0.3, -0.25) is 10.1 Å². The van der Waals surface area contributed by atoms with Crippen LogP contribution in [0.5, 0.6) is 11.5 Å². The largest absolute Gasteiger partial charge is 0.497 e. The number of aromatic nitrogens is 2. The van der Waals surface area contributed by atoms with Crippen LogP contribution in [0.15, 0.2) is 78.9 Å². The van der Waals surface area contributed by atoms with Crippen LogP contribution < -0.4 is 14.8 Å². The molecular formula is C23H19N3O3S. The molecule has 0 unspecified atom stereocenters. The second-order valence-corrected chi connectivity index (χ2v) is 7.34. The van der Waals surface area contributed by atoms with Gasteiger partial charge in [0.15, 0.2) is 0 Å². The molecule has 4 rings (SSSR count). The van der Waals surface area contributed by atoms with Crippen molar-refractivity contribution in [2.45, 2.75) is 6.61 Å². The fraction of sp³-hybridized carbons (Fsp3) is 0.0870. The average molecular weight is 417 g/mol. The molecule has 0 aliphatic rings. The Morgan fingerprint density at radius 1 is 0.933 bits per heavy atom. The minimum absolute atomic E-state index is 0.295. The van der Waals surface area contributed by atoms with Crippen molar-refractivity contribution < 1.29 is 14.3 Å². The maximum Gasteiger partial charge on any atom is 0.261 e. The van der Waals surface area contributed by atoms with E-state index in [0.29, 0.717) is 28.1 Å². The summed E-state index contributed by atoms with van der Waals surface area (Å²) in [7, 11) is 1.62. The molecule has 3 aromatic carbocycles. The number of carbonyl (C=O) groups is 1. The van der Waals surface area contributed by atoms with Crippen LogP contribution in [0, 0.1) is 0 Å². The minimum Gasteiger partial charge on any atom is -0.497 e. The number of hydrogen-bond donors (Lipinski definition) is 1. The van der Waals surface area contributed by atoms with Crippen molar-refractivity contribution in [2.75, 3.05) is 12.4 Å². The summed E-state index contributed by atoms with van der Waals surface area (Å²) < 4.78 is 11.0. The number of methoxy groups -OCH3 is 1. The Labute approximate surface area is 178 Å². The van der Waals surface area contributed by atoms with Crippen LogP contribution in [-0.4, -0.2) is 23.2 Å². The van der Waals surface area contributed by atoms with Gasteiger partial charge in [-0.25, -0.2) is 0 Å². The summed E-state index contributed by atoms with van der Waals surface area (Å²) in [6.45, 7) is 0.381. The lowest BCUT2D eigenvalue weighted by atomic mass is 10.2. The molecule has 1 aromatic heterocycles. The number of anilines is 1. The van der Waals surface area contributed by atoms with Crippen LogP contribution in [0.1, 0.15) is 15.9 Å². The van der Waals surface area contributed by atoms with E-state index in [4.69, 9.17) is 9.47 Å². The van der Waals surface area contributed by atoms with E-state index >= 15 is 0 Å². The van der Waals surface area contributed by atoms with Gasteiger partial charge in [0.2, 0.25) is 5.13 Å². The third-order valence-corrected chi connectivity index (χ3v) is 5.24. The third-order valence-electron chi connectivity index (χ3n) is 4.35. The molecule has 30 heavy (non-hydrogen) atoms. The summed E-state index contributed by atoms with van der Waals surface area (Å²) in [5.41, 5.74) is 2.37. The van der Waals surface area contributed by atoms with Crippen LogP contribution in [-0.2, 0) is 6.61 Å². The highest BCUT2D eigenvalue weighted by atomic mass is 32.1. The first-order valence-electron chi connectivity index (χ1n) is 9.28. The van der Waals surface area contributed by atoms with Gasteiger partial charge >= 0.3 is 0 Å². The number of nitrogens with one attached hydrogen (secondary N) is 1. The van der Waals surface area contributed by atoms with Crippen molar-refractivity contribution in [2.24, 2.45) is 0 Å². The van der Waals surface area contributed by atoms with E-state index in [2.05, 4.69) is 15.5 Å². The molecule has 6 nitrogen and oxygen atoms in total. The summed E-state index contributed by atoms with van der Waals surface area (Å²) in [6.07, 6.45) is 0. The number of para-hydroxylation sites is 1. The highest BCUT2D eigenvalue weighted by molar-refractivity contribution is 7.18. The first kappa shape index (κ1) is 19.6. The van der Waals surface area contributed by atoms with Gasteiger partial charge in [-0.1, -0.05) is 53.8 Å². The van der Waals surface area contributed by atoms with Crippen LogP contribution in [0.4, 0.5) is 5.13 Å². The van der Waals surface area contributed by atoms with Gasteiger partial charge in [-0.2, -0.15) is 0 Å². The van der Waals surface area contributed by atoms with Gasteiger partial charge in [0, 0.05) is 5.56 Å². The zero-order chi connectivity index (χ0) is 20.8. The van der Waals surface area contributed by atoms with Gasteiger partial charge in [0.1, 0.15) is 23.1 Å². The van der Waals surface area contributed by atoms with Crippen molar-refractivity contribution >= 4 is 22.4 Å². The molecule has 1 amide bonds. The molecule has 0 fully saturated rings. The number of hydrogen-bond acceptors (Lipinski definition) is 6. The predicted molar refractivity (Wildman–Crippen MR) is 117 cm³/mol. The Morgan fingerprint density at radius 3 is 2.43 bits per heavy atom. The van der Waals surface area contributed by atoms with E-state index < -0.39 is 0 Å².